The second-order valence-electron chi connectivity index (χ2n) is 4.85. The SMILES string of the molecule is COc1ccccc1-c1csc(NC(=O)c2cc(Cl)cc(Cl)c2)n1. The first-order chi connectivity index (χ1) is 11.6. The van der Waals surface area contributed by atoms with Gasteiger partial charge in [-0.2, -0.15) is 0 Å². The van der Waals surface area contributed by atoms with Crippen molar-refractivity contribution < 1.29 is 9.53 Å². The molecule has 122 valence electrons. The highest BCUT2D eigenvalue weighted by Crippen LogP contribution is 2.32. The van der Waals surface area contributed by atoms with Gasteiger partial charge in [-0.3, -0.25) is 10.1 Å². The molecule has 0 aliphatic heterocycles. The summed E-state index contributed by atoms with van der Waals surface area (Å²) in [5.74, 6) is 0.405. The second kappa shape index (κ2) is 7.21. The largest absolute Gasteiger partial charge is 0.496 e. The lowest BCUT2D eigenvalue weighted by atomic mass is 10.1. The van der Waals surface area contributed by atoms with E-state index in [-0.39, 0.29) is 5.91 Å². The zero-order valence-electron chi connectivity index (χ0n) is 12.5. The summed E-state index contributed by atoms with van der Waals surface area (Å²) in [5, 5.41) is 5.90. The third-order valence-electron chi connectivity index (χ3n) is 3.23. The van der Waals surface area contributed by atoms with Crippen molar-refractivity contribution in [3.05, 3.63) is 63.5 Å². The van der Waals surface area contributed by atoms with Gasteiger partial charge in [0.05, 0.1) is 12.8 Å². The van der Waals surface area contributed by atoms with Crippen LogP contribution in [0.3, 0.4) is 0 Å². The summed E-state index contributed by atoms with van der Waals surface area (Å²) in [6.07, 6.45) is 0. The van der Waals surface area contributed by atoms with E-state index in [2.05, 4.69) is 10.3 Å². The predicted octanol–water partition coefficient (Wildman–Crippen LogP) is 5.38. The van der Waals surface area contributed by atoms with E-state index in [0.717, 1.165) is 17.0 Å². The van der Waals surface area contributed by atoms with Crippen molar-refractivity contribution in [3.63, 3.8) is 0 Å². The minimum absolute atomic E-state index is 0.319. The average molecular weight is 379 g/mol. The highest BCUT2D eigenvalue weighted by molar-refractivity contribution is 7.14. The Bertz CT molecular complexity index is 876. The van der Waals surface area contributed by atoms with Crippen molar-refractivity contribution in [2.24, 2.45) is 0 Å². The molecule has 0 atom stereocenters. The zero-order valence-corrected chi connectivity index (χ0v) is 14.9. The average Bonchev–Trinajstić information content (AvgIpc) is 3.02. The molecule has 2 aromatic carbocycles. The monoisotopic (exact) mass is 378 g/mol. The number of anilines is 1. The first kappa shape index (κ1) is 16.8. The van der Waals surface area contributed by atoms with E-state index in [4.69, 9.17) is 27.9 Å². The molecule has 0 fully saturated rings. The van der Waals surface area contributed by atoms with Crippen LogP contribution in [0.4, 0.5) is 5.13 Å². The van der Waals surface area contributed by atoms with Gasteiger partial charge in [-0.15, -0.1) is 11.3 Å². The minimum atomic E-state index is -0.319. The number of rotatable bonds is 4. The highest BCUT2D eigenvalue weighted by atomic mass is 35.5. The first-order valence-corrected chi connectivity index (χ1v) is 8.57. The van der Waals surface area contributed by atoms with E-state index in [1.54, 1.807) is 25.3 Å². The fraction of sp³-hybridized carbons (Fsp3) is 0.0588. The third-order valence-corrected chi connectivity index (χ3v) is 4.43. The minimum Gasteiger partial charge on any atom is -0.496 e. The normalized spacial score (nSPS) is 10.5. The van der Waals surface area contributed by atoms with Crippen LogP contribution in [0.15, 0.2) is 47.8 Å². The molecule has 0 aliphatic carbocycles. The summed E-state index contributed by atoms with van der Waals surface area (Å²) >= 11 is 13.2. The Balaban J connectivity index is 1.82. The number of hydrogen-bond donors (Lipinski definition) is 1. The van der Waals surface area contributed by atoms with E-state index in [0.29, 0.717) is 20.7 Å². The van der Waals surface area contributed by atoms with Crippen molar-refractivity contribution in [3.8, 4) is 17.0 Å². The van der Waals surface area contributed by atoms with Crippen LogP contribution in [0.25, 0.3) is 11.3 Å². The molecule has 3 aromatic rings. The van der Waals surface area contributed by atoms with Crippen LogP contribution >= 0.6 is 34.5 Å². The maximum atomic E-state index is 12.3. The Morgan fingerprint density at radius 2 is 1.88 bits per heavy atom. The van der Waals surface area contributed by atoms with Crippen molar-refractivity contribution in [2.45, 2.75) is 0 Å². The third kappa shape index (κ3) is 3.70. The van der Waals surface area contributed by atoms with Crippen molar-refractivity contribution in [1.29, 1.82) is 0 Å². The van der Waals surface area contributed by atoms with Gasteiger partial charge in [-0.05, 0) is 30.3 Å². The maximum Gasteiger partial charge on any atom is 0.257 e. The number of carbonyl (C=O) groups excluding carboxylic acids is 1. The molecule has 1 N–H and O–H groups in total. The molecule has 0 bridgehead atoms. The standard InChI is InChI=1S/C17H12Cl2N2O2S/c1-23-15-5-3-2-4-13(15)14-9-24-17(20-14)21-16(22)10-6-11(18)8-12(19)7-10/h2-9H,1H3,(H,20,21,22). The molecule has 1 heterocycles. The van der Waals surface area contributed by atoms with Gasteiger partial charge in [0.1, 0.15) is 5.75 Å². The number of nitrogens with zero attached hydrogens (tertiary/aromatic N) is 1. The number of methoxy groups -OCH3 is 1. The van der Waals surface area contributed by atoms with Crippen LogP contribution < -0.4 is 10.1 Å². The van der Waals surface area contributed by atoms with Gasteiger partial charge in [0.15, 0.2) is 5.13 Å². The number of carbonyl (C=O) groups is 1. The Labute approximate surface area is 153 Å². The fourth-order valence-corrected chi connectivity index (χ4v) is 3.40. The molecule has 1 amide bonds. The van der Waals surface area contributed by atoms with E-state index in [1.807, 2.05) is 29.6 Å². The van der Waals surface area contributed by atoms with Gasteiger partial charge in [0, 0.05) is 26.6 Å². The molecule has 3 rings (SSSR count). The number of hydrogen-bond acceptors (Lipinski definition) is 4. The van der Waals surface area contributed by atoms with E-state index in [9.17, 15) is 4.79 Å². The van der Waals surface area contributed by atoms with Gasteiger partial charge in [0.25, 0.3) is 5.91 Å². The van der Waals surface area contributed by atoms with Gasteiger partial charge in [-0.1, -0.05) is 35.3 Å². The fourth-order valence-electron chi connectivity index (χ4n) is 2.17. The molecular formula is C17H12Cl2N2O2S. The van der Waals surface area contributed by atoms with Crippen LogP contribution in [0.2, 0.25) is 10.0 Å². The Hall–Kier alpha value is -2.08. The van der Waals surface area contributed by atoms with Crippen molar-refractivity contribution in [1.82, 2.24) is 4.98 Å². The molecule has 0 unspecified atom stereocenters. The number of amides is 1. The van der Waals surface area contributed by atoms with Crippen LogP contribution in [0.5, 0.6) is 5.75 Å². The number of thiazole rings is 1. The lowest BCUT2D eigenvalue weighted by Crippen LogP contribution is -2.11. The summed E-state index contributed by atoms with van der Waals surface area (Å²) < 4.78 is 5.33. The topological polar surface area (TPSA) is 51.2 Å². The van der Waals surface area contributed by atoms with E-state index < -0.39 is 0 Å². The van der Waals surface area contributed by atoms with Gasteiger partial charge < -0.3 is 4.74 Å². The van der Waals surface area contributed by atoms with Gasteiger partial charge in [0.2, 0.25) is 0 Å². The summed E-state index contributed by atoms with van der Waals surface area (Å²) in [5.41, 5.74) is 1.97. The van der Waals surface area contributed by atoms with Gasteiger partial charge >= 0.3 is 0 Å². The Morgan fingerprint density at radius 1 is 1.17 bits per heavy atom. The number of nitrogens with one attached hydrogen (secondary N) is 1. The maximum absolute atomic E-state index is 12.3. The predicted molar refractivity (Wildman–Crippen MR) is 98.5 cm³/mol. The molecule has 0 spiro atoms. The molecule has 0 radical (unpaired) electrons. The molecule has 0 saturated heterocycles. The summed E-state index contributed by atoms with van der Waals surface area (Å²) in [6, 6.07) is 12.2. The molecular weight excluding hydrogens is 367 g/mol. The van der Waals surface area contributed by atoms with Crippen LogP contribution in [-0.4, -0.2) is 18.0 Å². The molecule has 7 heteroatoms. The summed E-state index contributed by atoms with van der Waals surface area (Å²) in [4.78, 5) is 16.7. The number of ether oxygens (including phenoxy) is 1. The van der Waals surface area contributed by atoms with Crippen LogP contribution in [-0.2, 0) is 0 Å². The highest BCUT2D eigenvalue weighted by Gasteiger charge is 2.13. The summed E-state index contributed by atoms with van der Waals surface area (Å²) in [7, 11) is 1.61. The van der Waals surface area contributed by atoms with E-state index >= 15 is 0 Å². The molecule has 4 nitrogen and oxygen atoms in total. The summed E-state index contributed by atoms with van der Waals surface area (Å²) in [6.45, 7) is 0. The molecule has 0 aliphatic rings. The molecule has 1 aromatic heterocycles. The molecule has 24 heavy (non-hydrogen) atoms. The van der Waals surface area contributed by atoms with Crippen molar-refractivity contribution in [2.75, 3.05) is 12.4 Å². The number of para-hydroxylation sites is 1. The van der Waals surface area contributed by atoms with Crippen LogP contribution in [0.1, 0.15) is 10.4 Å². The molecule has 0 saturated carbocycles. The number of benzene rings is 2. The Morgan fingerprint density at radius 3 is 2.58 bits per heavy atom. The zero-order chi connectivity index (χ0) is 17.1. The number of aromatic nitrogens is 1. The smallest absolute Gasteiger partial charge is 0.257 e. The van der Waals surface area contributed by atoms with Crippen molar-refractivity contribution >= 4 is 45.6 Å². The second-order valence-corrected chi connectivity index (χ2v) is 6.58. The van der Waals surface area contributed by atoms with Gasteiger partial charge in [-0.25, -0.2) is 4.98 Å². The number of halogens is 2. The lowest BCUT2D eigenvalue weighted by molar-refractivity contribution is 0.102. The Kier molecular flexibility index (Phi) is 5.04. The quantitative estimate of drug-likeness (QED) is 0.662. The van der Waals surface area contributed by atoms with Crippen LogP contribution in [0, 0.1) is 0 Å². The van der Waals surface area contributed by atoms with E-state index in [1.165, 1.54) is 11.3 Å². The first-order valence-electron chi connectivity index (χ1n) is 6.93. The lowest BCUT2D eigenvalue weighted by Gasteiger charge is -2.05.